The summed E-state index contributed by atoms with van der Waals surface area (Å²) >= 11 is 0. The van der Waals surface area contributed by atoms with Gasteiger partial charge in [-0.05, 0) is 6.92 Å². The lowest BCUT2D eigenvalue weighted by molar-refractivity contribution is -0.133. The average molecular weight is 285 g/mol. The molecule has 2 aromatic rings. The molecule has 6 nitrogen and oxygen atoms in total. The summed E-state index contributed by atoms with van der Waals surface area (Å²) in [6.45, 7) is 3.75. The summed E-state index contributed by atoms with van der Waals surface area (Å²) < 4.78 is 2.09. The van der Waals surface area contributed by atoms with Gasteiger partial charge in [-0.15, -0.1) is 10.2 Å². The maximum absolute atomic E-state index is 12.1. The number of nitrogens with two attached hydrogens (primary N) is 1. The molecule has 0 aliphatic carbocycles. The monoisotopic (exact) mass is 285 g/mol. The number of nitrogens with zero attached hydrogens (tertiary/aromatic N) is 4. The molecule has 2 N–H and O–H groups in total. The van der Waals surface area contributed by atoms with Crippen molar-refractivity contribution in [1.82, 2.24) is 19.7 Å². The molecule has 1 unspecified atom stereocenters. The Morgan fingerprint density at radius 3 is 2.76 bits per heavy atom. The lowest BCUT2D eigenvalue weighted by Crippen LogP contribution is -2.40. The smallest absolute Gasteiger partial charge is 0.224 e. The average Bonchev–Trinajstić information content (AvgIpc) is 2.90. The number of hydrogen-bond acceptors (Lipinski definition) is 4. The molecule has 1 aromatic carbocycles. The molecule has 1 atom stereocenters. The molecule has 1 aliphatic heterocycles. The van der Waals surface area contributed by atoms with Crippen LogP contribution in [0, 0.1) is 0 Å². The molecular formula is C15H19N5O. The minimum Gasteiger partial charge on any atom is -0.333 e. The Hall–Kier alpha value is -2.21. The summed E-state index contributed by atoms with van der Waals surface area (Å²) in [6.07, 6.45) is 0.375. The molecule has 0 saturated heterocycles. The van der Waals surface area contributed by atoms with E-state index in [1.165, 1.54) is 0 Å². The second-order valence-corrected chi connectivity index (χ2v) is 5.45. The summed E-state index contributed by atoms with van der Waals surface area (Å²) in [4.78, 5) is 13.9. The first-order chi connectivity index (χ1) is 10.1. The Bertz CT molecular complexity index is 635. The molecule has 21 heavy (non-hydrogen) atoms. The summed E-state index contributed by atoms with van der Waals surface area (Å²) in [7, 11) is 0. The van der Waals surface area contributed by atoms with Crippen molar-refractivity contribution in [3.8, 4) is 11.4 Å². The maximum atomic E-state index is 12.1. The number of aromatic nitrogens is 3. The Morgan fingerprint density at radius 1 is 1.29 bits per heavy atom. The predicted octanol–water partition coefficient (Wildman–Crippen LogP) is 1.02. The summed E-state index contributed by atoms with van der Waals surface area (Å²) in [5.74, 6) is 1.78. The van der Waals surface area contributed by atoms with E-state index in [0.717, 1.165) is 23.8 Å². The lowest BCUT2D eigenvalue weighted by atomic mass is 10.2. The first kappa shape index (κ1) is 13.8. The van der Waals surface area contributed by atoms with Gasteiger partial charge in [-0.2, -0.15) is 0 Å². The van der Waals surface area contributed by atoms with Crippen LogP contribution < -0.4 is 5.73 Å². The zero-order valence-electron chi connectivity index (χ0n) is 12.1. The van der Waals surface area contributed by atoms with Gasteiger partial charge in [0.1, 0.15) is 0 Å². The van der Waals surface area contributed by atoms with Crippen LogP contribution >= 0.6 is 0 Å². The minimum atomic E-state index is -0.114. The fraction of sp³-hybridized carbons (Fsp3) is 0.400. The number of rotatable bonds is 3. The van der Waals surface area contributed by atoms with Crippen molar-refractivity contribution >= 4 is 5.91 Å². The largest absolute Gasteiger partial charge is 0.333 e. The first-order valence-electron chi connectivity index (χ1n) is 7.16. The molecule has 0 saturated carbocycles. The number of hydrogen-bond donors (Lipinski definition) is 1. The normalized spacial score (nSPS) is 15.6. The van der Waals surface area contributed by atoms with Crippen molar-refractivity contribution in [2.75, 3.05) is 6.54 Å². The van der Waals surface area contributed by atoms with Crippen LogP contribution in [0.2, 0.25) is 0 Å². The number of carbonyl (C=O) groups is 1. The highest BCUT2D eigenvalue weighted by Gasteiger charge is 2.25. The van der Waals surface area contributed by atoms with Gasteiger partial charge in [-0.3, -0.25) is 4.79 Å². The topological polar surface area (TPSA) is 77.0 Å². The molecule has 1 aromatic heterocycles. The highest BCUT2D eigenvalue weighted by Crippen LogP contribution is 2.21. The molecule has 1 aliphatic rings. The molecule has 2 heterocycles. The Labute approximate surface area is 123 Å². The molecular weight excluding hydrogens is 266 g/mol. The first-order valence-corrected chi connectivity index (χ1v) is 7.16. The second kappa shape index (κ2) is 5.65. The van der Waals surface area contributed by atoms with Crippen molar-refractivity contribution in [2.45, 2.75) is 32.5 Å². The van der Waals surface area contributed by atoms with E-state index in [4.69, 9.17) is 5.73 Å². The van der Waals surface area contributed by atoms with Crippen LogP contribution in [-0.2, 0) is 17.9 Å². The Morgan fingerprint density at radius 2 is 2.05 bits per heavy atom. The summed E-state index contributed by atoms with van der Waals surface area (Å²) in [5, 5.41) is 8.51. The molecule has 0 spiro atoms. The van der Waals surface area contributed by atoms with Crippen LogP contribution in [0.4, 0.5) is 0 Å². The highest BCUT2D eigenvalue weighted by molar-refractivity contribution is 5.76. The number of benzene rings is 1. The van der Waals surface area contributed by atoms with Crippen molar-refractivity contribution in [1.29, 1.82) is 0 Å². The van der Waals surface area contributed by atoms with Crippen LogP contribution in [0.15, 0.2) is 30.3 Å². The summed E-state index contributed by atoms with van der Waals surface area (Å²) in [5.41, 5.74) is 6.74. The van der Waals surface area contributed by atoms with Crippen LogP contribution in [0.1, 0.15) is 19.2 Å². The highest BCUT2D eigenvalue weighted by atomic mass is 16.2. The van der Waals surface area contributed by atoms with E-state index >= 15 is 0 Å². The fourth-order valence-corrected chi connectivity index (χ4v) is 2.58. The van der Waals surface area contributed by atoms with E-state index in [-0.39, 0.29) is 11.9 Å². The van der Waals surface area contributed by atoms with Gasteiger partial charge in [-0.1, -0.05) is 30.3 Å². The van der Waals surface area contributed by atoms with Gasteiger partial charge in [0.25, 0.3) is 0 Å². The molecule has 0 fully saturated rings. The van der Waals surface area contributed by atoms with Crippen molar-refractivity contribution in [3.63, 3.8) is 0 Å². The van der Waals surface area contributed by atoms with Crippen LogP contribution in [0.3, 0.4) is 0 Å². The van der Waals surface area contributed by atoms with Gasteiger partial charge in [-0.25, -0.2) is 0 Å². The minimum absolute atomic E-state index is 0.0838. The standard InChI is InChI=1S/C15H19N5O/c1-11(16)9-14(21)19-7-8-20-13(10-19)17-18-15(20)12-5-3-2-4-6-12/h2-6,11H,7-10,16H2,1H3. The number of fused-ring (bicyclic) bond motifs is 1. The zero-order chi connectivity index (χ0) is 14.8. The number of carbonyl (C=O) groups excluding carboxylic acids is 1. The number of amides is 1. The van der Waals surface area contributed by atoms with E-state index in [9.17, 15) is 4.79 Å². The zero-order valence-corrected chi connectivity index (χ0v) is 12.1. The van der Waals surface area contributed by atoms with Gasteiger partial charge >= 0.3 is 0 Å². The van der Waals surface area contributed by atoms with E-state index in [2.05, 4.69) is 14.8 Å². The molecule has 0 radical (unpaired) electrons. The molecule has 0 bridgehead atoms. The molecule has 3 rings (SSSR count). The van der Waals surface area contributed by atoms with Gasteiger partial charge in [0.15, 0.2) is 11.6 Å². The van der Waals surface area contributed by atoms with Crippen LogP contribution in [0.25, 0.3) is 11.4 Å². The van der Waals surface area contributed by atoms with Gasteiger partial charge in [0, 0.05) is 31.1 Å². The van der Waals surface area contributed by atoms with E-state index < -0.39 is 0 Å². The van der Waals surface area contributed by atoms with E-state index in [1.54, 1.807) is 0 Å². The summed E-state index contributed by atoms with van der Waals surface area (Å²) in [6, 6.07) is 9.87. The van der Waals surface area contributed by atoms with Crippen molar-refractivity contribution < 1.29 is 4.79 Å². The van der Waals surface area contributed by atoms with Crippen molar-refractivity contribution in [3.05, 3.63) is 36.2 Å². The Kier molecular flexibility index (Phi) is 3.70. The Balaban J connectivity index is 1.80. The van der Waals surface area contributed by atoms with E-state index in [1.807, 2.05) is 42.2 Å². The molecule has 1 amide bonds. The van der Waals surface area contributed by atoms with Gasteiger partial charge in [0.2, 0.25) is 5.91 Å². The molecule has 6 heteroatoms. The van der Waals surface area contributed by atoms with Crippen molar-refractivity contribution in [2.24, 2.45) is 5.73 Å². The van der Waals surface area contributed by atoms with Gasteiger partial charge in [0.05, 0.1) is 6.54 Å². The van der Waals surface area contributed by atoms with Crippen LogP contribution in [0.5, 0.6) is 0 Å². The maximum Gasteiger partial charge on any atom is 0.224 e. The van der Waals surface area contributed by atoms with Crippen LogP contribution in [-0.4, -0.2) is 38.2 Å². The SMILES string of the molecule is CC(N)CC(=O)N1CCn2c(nnc2-c2ccccc2)C1. The van der Waals surface area contributed by atoms with E-state index in [0.29, 0.717) is 19.5 Å². The third-order valence-corrected chi connectivity index (χ3v) is 3.63. The van der Waals surface area contributed by atoms with Gasteiger partial charge < -0.3 is 15.2 Å². The third-order valence-electron chi connectivity index (χ3n) is 3.63. The quantitative estimate of drug-likeness (QED) is 0.913. The second-order valence-electron chi connectivity index (χ2n) is 5.45. The third kappa shape index (κ3) is 2.80. The molecule has 110 valence electrons. The lowest BCUT2D eigenvalue weighted by Gasteiger charge is -2.28. The predicted molar refractivity (Wildman–Crippen MR) is 79.1 cm³/mol. The fourth-order valence-electron chi connectivity index (χ4n) is 2.58.